The van der Waals surface area contributed by atoms with Crippen LogP contribution in [0.4, 0.5) is 51.4 Å². The number of benzene rings is 7. The zero-order chi connectivity index (χ0) is 77.3. The summed E-state index contributed by atoms with van der Waals surface area (Å²) in [5.41, 5.74) is 18.4. The fourth-order valence-electron chi connectivity index (χ4n) is 16.4. The van der Waals surface area contributed by atoms with E-state index in [0.717, 1.165) is 218 Å². The van der Waals surface area contributed by atoms with Crippen LogP contribution in [-0.2, 0) is 0 Å². The number of carbonyl (C=O) groups is 3. The van der Waals surface area contributed by atoms with Gasteiger partial charge in [0.25, 0.3) is 17.7 Å². The van der Waals surface area contributed by atoms with Crippen molar-refractivity contribution in [1.29, 1.82) is 15.8 Å². The molecule has 15 rings (SSSR count). The van der Waals surface area contributed by atoms with Crippen molar-refractivity contribution in [1.82, 2.24) is 24.7 Å². The zero-order valence-corrected chi connectivity index (χ0v) is 65.1. The van der Waals surface area contributed by atoms with E-state index >= 15 is 0 Å². The first kappa shape index (κ1) is 77.1. The molecule has 3 N–H and O–H groups in total. The Morgan fingerprint density at radius 1 is 0.315 bits per heavy atom. The van der Waals surface area contributed by atoms with E-state index in [9.17, 15) is 30.2 Å². The molecular weight excluding hydrogens is 1380 g/mol. The van der Waals surface area contributed by atoms with E-state index in [2.05, 4.69) is 161 Å². The Kier molecular flexibility index (Phi) is 25.3. The molecule has 7 aromatic carbocycles. The van der Waals surface area contributed by atoms with Crippen molar-refractivity contribution < 1.29 is 14.4 Å². The second-order valence-corrected chi connectivity index (χ2v) is 30.1. The molecule has 0 radical (unpaired) electrons. The predicted molar refractivity (Wildman–Crippen MR) is 447 cm³/mol. The van der Waals surface area contributed by atoms with Crippen molar-refractivity contribution in [2.24, 2.45) is 0 Å². The Balaban J connectivity index is 0.000000146. The first-order chi connectivity index (χ1) is 54.1. The third-order valence-electron chi connectivity index (χ3n) is 22.8. The fourth-order valence-corrected chi connectivity index (χ4v) is 16.4. The molecule has 6 saturated heterocycles. The summed E-state index contributed by atoms with van der Waals surface area (Å²) in [5, 5.41) is 39.6. The standard InChI is InChI=1S/C31H35N5O.2C30H34N6O/c1-23-20-24(2)29(33-26-12-14-34(15-13-26)27-9-4-3-5-10-27)21-28(23)31(37)36-18-16-35(17-19-36)30-11-7-6-8-25(30)22-32;2*1-22-19-23(2)27(33-25-10-13-34(14-11-25)28-8-4-3-7-24(28)21-31)20-26(22)30(37)36-17-15-35(16-18-36)29-9-5-6-12-32-29/h3-11,20-21,26,33H,12-19H2,1-2H3;2*3-9,12,19-20,25,33H,10-11,13-18H2,1-2H3. The van der Waals surface area contributed by atoms with Crippen LogP contribution < -0.4 is 45.3 Å². The largest absolute Gasteiger partial charge is 0.382 e. The van der Waals surface area contributed by atoms with Gasteiger partial charge < -0.3 is 60.0 Å². The molecule has 6 aliphatic rings. The van der Waals surface area contributed by atoms with Crippen LogP contribution in [0.15, 0.2) is 188 Å². The predicted octanol–water partition coefficient (Wildman–Crippen LogP) is 14.4. The second kappa shape index (κ2) is 36.4. The SMILES string of the molecule is Cc1cc(C)c(C(=O)N2CCN(c3ccccc3C#N)CC2)cc1NC1CCN(c2ccccc2)CC1.Cc1cc(C)c(C(=O)N2CCN(c3ccccn3)CC2)cc1NC1CCN(c2ccccc2C#N)CC1.Cc1cc(C)c(C(=O)N2CCN(c3ccccn3)CC2)cc1NC1CCN(c2ccccc2C#N)CC1. The van der Waals surface area contributed by atoms with Gasteiger partial charge in [0.15, 0.2) is 0 Å². The van der Waals surface area contributed by atoms with E-state index < -0.39 is 0 Å². The van der Waals surface area contributed by atoms with Gasteiger partial charge in [-0.05, 0) is 204 Å². The molecule has 0 bridgehead atoms. The van der Waals surface area contributed by atoms with Gasteiger partial charge in [-0.3, -0.25) is 14.4 Å². The molecule has 0 unspecified atom stereocenters. The molecular formula is C91H103N17O3. The van der Waals surface area contributed by atoms with Crippen molar-refractivity contribution >= 4 is 69.2 Å². The lowest BCUT2D eigenvalue weighted by molar-refractivity contribution is 0.0738. The zero-order valence-electron chi connectivity index (χ0n) is 65.1. The highest BCUT2D eigenvalue weighted by molar-refractivity contribution is 5.99. The number of para-hydroxylation sites is 4. The molecule has 2 aromatic heterocycles. The van der Waals surface area contributed by atoms with Crippen LogP contribution in [0.5, 0.6) is 0 Å². The Labute approximate surface area is 655 Å². The number of nitrogens with zero attached hydrogens (tertiary/aromatic N) is 14. The number of piperidine rings is 3. The summed E-state index contributed by atoms with van der Waals surface area (Å²) in [6.45, 7) is 26.7. The first-order valence-electron chi connectivity index (χ1n) is 39.5. The lowest BCUT2D eigenvalue weighted by atomic mass is 9.99. The van der Waals surface area contributed by atoms with Crippen LogP contribution in [0.2, 0.25) is 0 Å². The summed E-state index contributed by atoms with van der Waals surface area (Å²) in [7, 11) is 0. The minimum atomic E-state index is 0.0904. The number of aryl methyl sites for hydroxylation is 6. The number of amides is 3. The van der Waals surface area contributed by atoms with Gasteiger partial charge in [0.05, 0.1) is 33.8 Å². The molecule has 20 nitrogen and oxygen atoms in total. The van der Waals surface area contributed by atoms with Gasteiger partial charge in [0, 0.05) is 188 Å². The summed E-state index contributed by atoms with van der Waals surface area (Å²) in [6, 6.07) is 66.3. The molecule has 0 saturated carbocycles. The molecule has 0 aliphatic carbocycles. The number of piperazine rings is 3. The van der Waals surface area contributed by atoms with E-state index in [1.807, 2.05) is 157 Å². The molecule has 0 spiro atoms. The lowest BCUT2D eigenvalue weighted by Crippen LogP contribution is -2.49. The highest BCUT2D eigenvalue weighted by atomic mass is 16.2. The van der Waals surface area contributed by atoms with Crippen LogP contribution in [0.3, 0.4) is 0 Å². The van der Waals surface area contributed by atoms with E-state index in [0.29, 0.717) is 63.0 Å². The van der Waals surface area contributed by atoms with Gasteiger partial charge in [-0.2, -0.15) is 15.8 Å². The number of anilines is 9. The maximum Gasteiger partial charge on any atom is 0.254 e. The monoisotopic (exact) mass is 1480 g/mol. The molecule has 570 valence electrons. The van der Waals surface area contributed by atoms with Gasteiger partial charge in [0.1, 0.15) is 29.8 Å². The van der Waals surface area contributed by atoms with Crippen LogP contribution in [0, 0.1) is 75.5 Å². The minimum absolute atomic E-state index is 0.0904. The quantitative estimate of drug-likeness (QED) is 0.0870. The summed E-state index contributed by atoms with van der Waals surface area (Å²) < 4.78 is 0. The van der Waals surface area contributed by atoms with Gasteiger partial charge in [0.2, 0.25) is 0 Å². The molecule has 6 fully saturated rings. The van der Waals surface area contributed by atoms with E-state index in [4.69, 9.17) is 0 Å². The number of aromatic nitrogens is 2. The van der Waals surface area contributed by atoms with Gasteiger partial charge in [-0.25, -0.2) is 9.97 Å². The first-order valence-corrected chi connectivity index (χ1v) is 39.5. The van der Waals surface area contributed by atoms with Crippen LogP contribution in [0.1, 0.15) is 120 Å². The minimum Gasteiger partial charge on any atom is -0.382 e. The second-order valence-electron chi connectivity index (χ2n) is 30.1. The van der Waals surface area contributed by atoms with E-state index in [-0.39, 0.29) is 17.7 Å². The van der Waals surface area contributed by atoms with Crippen molar-refractivity contribution in [2.45, 2.75) is 98.2 Å². The van der Waals surface area contributed by atoms with Crippen molar-refractivity contribution in [3.05, 3.63) is 255 Å². The highest BCUT2D eigenvalue weighted by Gasteiger charge is 2.31. The number of hydrogen-bond acceptors (Lipinski definition) is 17. The Morgan fingerprint density at radius 3 is 0.901 bits per heavy atom. The summed E-state index contributed by atoms with van der Waals surface area (Å²) >= 11 is 0. The number of nitriles is 3. The molecule has 6 aliphatic heterocycles. The van der Waals surface area contributed by atoms with Crippen LogP contribution >= 0.6 is 0 Å². The highest BCUT2D eigenvalue weighted by Crippen LogP contribution is 2.34. The average molecular weight is 1480 g/mol. The Bertz CT molecular complexity index is 4610. The lowest BCUT2D eigenvalue weighted by Gasteiger charge is -2.37. The third kappa shape index (κ3) is 18.8. The van der Waals surface area contributed by atoms with Crippen molar-refractivity contribution in [3.8, 4) is 18.2 Å². The maximum absolute atomic E-state index is 13.6. The summed E-state index contributed by atoms with van der Waals surface area (Å²) in [5.74, 6) is 2.23. The van der Waals surface area contributed by atoms with Crippen LogP contribution in [0.25, 0.3) is 0 Å². The molecule has 0 atom stereocenters. The molecule has 9 aromatic rings. The maximum atomic E-state index is 13.6. The van der Waals surface area contributed by atoms with Gasteiger partial charge in [-0.1, -0.05) is 84.9 Å². The molecule has 8 heterocycles. The Morgan fingerprint density at radius 2 is 0.595 bits per heavy atom. The van der Waals surface area contributed by atoms with Crippen molar-refractivity contribution in [3.63, 3.8) is 0 Å². The molecule has 3 amide bonds. The van der Waals surface area contributed by atoms with Crippen LogP contribution in [-0.4, -0.2) is 178 Å². The smallest absolute Gasteiger partial charge is 0.254 e. The number of hydrogen-bond donors (Lipinski definition) is 3. The summed E-state index contributed by atoms with van der Waals surface area (Å²) in [6.07, 6.45) is 9.67. The van der Waals surface area contributed by atoms with Gasteiger partial charge >= 0.3 is 0 Å². The van der Waals surface area contributed by atoms with E-state index in [1.54, 1.807) is 0 Å². The van der Waals surface area contributed by atoms with Crippen molar-refractivity contribution in [2.75, 3.05) is 163 Å². The van der Waals surface area contributed by atoms with E-state index in [1.165, 1.54) is 11.3 Å². The fraction of sp³-hybridized carbons (Fsp3) is 0.363. The average Bonchev–Trinajstić information content (AvgIpc) is 0.807. The third-order valence-corrected chi connectivity index (χ3v) is 22.8. The number of carbonyl (C=O) groups excluding carboxylic acids is 3. The topological polar surface area (TPSA) is 214 Å². The number of rotatable bonds is 15. The molecule has 20 heteroatoms. The number of nitrogens with one attached hydrogen (secondary N) is 3. The summed E-state index contributed by atoms with van der Waals surface area (Å²) in [4.78, 5) is 69.1. The van der Waals surface area contributed by atoms with Gasteiger partial charge in [-0.15, -0.1) is 0 Å². The molecule has 111 heavy (non-hydrogen) atoms. The normalized spacial score (nSPS) is 16.4. The Hall–Kier alpha value is -12.1. The number of pyridine rings is 2.